The first kappa shape index (κ1) is 21.5. The van der Waals surface area contributed by atoms with Crippen molar-refractivity contribution < 1.29 is 9.53 Å². The van der Waals surface area contributed by atoms with Gasteiger partial charge in [-0.15, -0.1) is 0 Å². The maximum absolute atomic E-state index is 13.3. The lowest BCUT2D eigenvalue weighted by molar-refractivity contribution is 0.0601. The second-order valence-corrected chi connectivity index (χ2v) is 9.50. The van der Waals surface area contributed by atoms with Gasteiger partial charge in [0.1, 0.15) is 0 Å². The molecule has 1 aliphatic heterocycles. The zero-order chi connectivity index (χ0) is 23.8. The van der Waals surface area contributed by atoms with E-state index in [0.717, 1.165) is 49.4 Å². The van der Waals surface area contributed by atoms with Crippen LogP contribution in [-0.2, 0) is 4.74 Å². The van der Waals surface area contributed by atoms with Gasteiger partial charge in [0.05, 0.1) is 12.7 Å². The van der Waals surface area contributed by atoms with Crippen molar-refractivity contribution in [2.24, 2.45) is 0 Å². The van der Waals surface area contributed by atoms with Crippen LogP contribution in [0.2, 0.25) is 0 Å². The normalized spacial score (nSPS) is 11.6. The number of carbonyl (C=O) groups excluding carboxylic acids is 1. The van der Waals surface area contributed by atoms with Gasteiger partial charge in [-0.25, -0.2) is 4.79 Å². The Kier molecular flexibility index (Phi) is 5.48. The molecule has 0 aromatic heterocycles. The summed E-state index contributed by atoms with van der Waals surface area (Å²) < 4.78 is 5.32. The summed E-state index contributed by atoms with van der Waals surface area (Å²) in [5.74, 6) is -0.341. The predicted molar refractivity (Wildman–Crippen MR) is 144 cm³/mol. The Balaban J connectivity index is 1.87. The highest BCUT2D eigenvalue weighted by Crippen LogP contribution is 2.54. The van der Waals surface area contributed by atoms with E-state index in [1.807, 2.05) is 42.5 Å². The number of fused-ring (bicyclic) bond motifs is 5. The molecule has 5 aromatic carbocycles. The Morgan fingerprint density at radius 3 is 1.69 bits per heavy atom. The number of esters is 1. The number of carbonyl (C=O) groups is 1. The van der Waals surface area contributed by atoms with Crippen LogP contribution in [0, 0.1) is 0 Å². The minimum absolute atomic E-state index is 0.341. The zero-order valence-electron chi connectivity index (χ0n) is 19.2. The van der Waals surface area contributed by atoms with E-state index in [0.29, 0.717) is 5.56 Å². The van der Waals surface area contributed by atoms with E-state index in [1.54, 1.807) is 11.8 Å². The van der Waals surface area contributed by atoms with Crippen LogP contribution in [0.1, 0.15) is 10.4 Å². The molecule has 6 rings (SSSR count). The highest BCUT2D eigenvalue weighted by molar-refractivity contribution is 7.99. The summed E-state index contributed by atoms with van der Waals surface area (Å²) in [7, 11) is 1.45. The van der Waals surface area contributed by atoms with E-state index < -0.39 is 0 Å². The molecule has 0 fully saturated rings. The minimum atomic E-state index is -0.341. The molecule has 0 bridgehead atoms. The number of methoxy groups -OCH3 is 1. The number of hydrogen-bond acceptors (Lipinski definition) is 3. The lowest BCUT2D eigenvalue weighted by Crippen LogP contribution is -2.07. The summed E-state index contributed by atoms with van der Waals surface area (Å²) in [5.41, 5.74) is 9.01. The standard InChI is InChI=1S/C32H22O2S/c1-34-32(33)26-20-25(21-12-4-2-5-13-21)30-23-16-8-10-18-27(23)35-28-19-11-9-17-24(28)31(30)29(26)22-14-6-3-7-15-22/h2-20H,1H3. The summed E-state index contributed by atoms with van der Waals surface area (Å²) in [4.78, 5) is 15.7. The molecule has 2 nitrogen and oxygen atoms in total. The summed E-state index contributed by atoms with van der Waals surface area (Å²) in [6.07, 6.45) is 0. The highest BCUT2D eigenvalue weighted by Gasteiger charge is 2.30. The Morgan fingerprint density at radius 2 is 1.09 bits per heavy atom. The van der Waals surface area contributed by atoms with Crippen molar-refractivity contribution >= 4 is 17.7 Å². The van der Waals surface area contributed by atoms with Crippen LogP contribution >= 0.6 is 11.8 Å². The van der Waals surface area contributed by atoms with Crippen LogP contribution in [-0.4, -0.2) is 13.1 Å². The van der Waals surface area contributed by atoms with Gasteiger partial charge >= 0.3 is 5.97 Å². The third-order valence-electron chi connectivity index (χ3n) is 6.41. The molecule has 0 saturated heterocycles. The van der Waals surface area contributed by atoms with Crippen LogP contribution in [0.15, 0.2) is 125 Å². The maximum Gasteiger partial charge on any atom is 0.338 e. The quantitative estimate of drug-likeness (QED) is 0.242. The van der Waals surface area contributed by atoms with Gasteiger partial charge in [0.2, 0.25) is 0 Å². The number of benzene rings is 5. The molecule has 0 atom stereocenters. The van der Waals surface area contributed by atoms with Gasteiger partial charge in [-0.05, 0) is 57.1 Å². The minimum Gasteiger partial charge on any atom is -0.465 e. The smallest absolute Gasteiger partial charge is 0.338 e. The van der Waals surface area contributed by atoms with Crippen molar-refractivity contribution in [1.82, 2.24) is 0 Å². The molecule has 168 valence electrons. The van der Waals surface area contributed by atoms with Crippen LogP contribution in [0.5, 0.6) is 0 Å². The van der Waals surface area contributed by atoms with Gasteiger partial charge < -0.3 is 4.74 Å². The van der Waals surface area contributed by atoms with Crippen molar-refractivity contribution in [1.29, 1.82) is 0 Å². The molecule has 0 spiro atoms. The van der Waals surface area contributed by atoms with Crippen molar-refractivity contribution in [2.45, 2.75) is 9.79 Å². The Morgan fingerprint density at radius 1 is 0.571 bits per heavy atom. The molecule has 0 saturated carbocycles. The van der Waals surface area contributed by atoms with Crippen LogP contribution < -0.4 is 0 Å². The third-order valence-corrected chi connectivity index (χ3v) is 7.56. The molecule has 0 N–H and O–H groups in total. The summed E-state index contributed by atoms with van der Waals surface area (Å²) in [6.45, 7) is 0. The van der Waals surface area contributed by atoms with Crippen molar-refractivity contribution in [3.63, 3.8) is 0 Å². The van der Waals surface area contributed by atoms with Gasteiger partial charge in [0, 0.05) is 15.4 Å². The molecule has 0 amide bonds. The van der Waals surface area contributed by atoms with Gasteiger partial charge in [-0.3, -0.25) is 0 Å². The lowest BCUT2D eigenvalue weighted by atomic mass is 9.80. The van der Waals surface area contributed by atoms with Gasteiger partial charge in [0.15, 0.2) is 0 Å². The number of hydrogen-bond donors (Lipinski definition) is 0. The van der Waals surface area contributed by atoms with E-state index in [1.165, 1.54) is 12.0 Å². The number of ether oxygens (including phenoxy) is 1. The van der Waals surface area contributed by atoms with Crippen LogP contribution in [0.3, 0.4) is 0 Å². The second kappa shape index (κ2) is 8.94. The van der Waals surface area contributed by atoms with E-state index in [-0.39, 0.29) is 5.97 Å². The fourth-order valence-corrected chi connectivity index (χ4v) is 5.99. The molecule has 0 radical (unpaired) electrons. The molecule has 0 unspecified atom stereocenters. The number of rotatable bonds is 3. The Hall–Kier alpha value is -4.08. The largest absolute Gasteiger partial charge is 0.465 e. The Bertz CT molecular complexity index is 1560. The average Bonchev–Trinajstić information content (AvgIpc) is 3.07. The fourth-order valence-electron chi connectivity index (χ4n) is 4.90. The van der Waals surface area contributed by atoms with Crippen molar-refractivity contribution in [3.8, 4) is 44.5 Å². The average molecular weight is 471 g/mol. The maximum atomic E-state index is 13.3. The summed E-state index contributed by atoms with van der Waals surface area (Å²) >= 11 is 1.77. The first-order valence-corrected chi connectivity index (χ1v) is 12.3. The first-order chi connectivity index (χ1) is 17.3. The van der Waals surface area contributed by atoms with E-state index >= 15 is 0 Å². The van der Waals surface area contributed by atoms with Gasteiger partial charge in [-0.2, -0.15) is 0 Å². The van der Waals surface area contributed by atoms with Crippen LogP contribution in [0.25, 0.3) is 44.5 Å². The SMILES string of the molecule is COC(=O)c1cc(-c2ccccc2)c2c(c1-c1ccccc1)-c1ccccc1Sc1ccccc1-2. The fraction of sp³-hybridized carbons (Fsp3) is 0.0312. The summed E-state index contributed by atoms with van der Waals surface area (Å²) in [6, 6.07) is 39.5. The van der Waals surface area contributed by atoms with Gasteiger partial charge in [0.25, 0.3) is 0 Å². The first-order valence-electron chi connectivity index (χ1n) is 11.5. The summed E-state index contributed by atoms with van der Waals surface area (Å²) in [5, 5.41) is 0. The predicted octanol–water partition coefficient (Wildman–Crippen LogP) is 8.61. The molecule has 1 aliphatic rings. The molecular formula is C32H22O2S. The van der Waals surface area contributed by atoms with E-state index in [4.69, 9.17) is 4.74 Å². The lowest BCUT2D eigenvalue weighted by Gasteiger charge is -2.23. The van der Waals surface area contributed by atoms with E-state index in [2.05, 4.69) is 72.8 Å². The second-order valence-electron chi connectivity index (χ2n) is 8.41. The Labute approximate surface area is 209 Å². The monoisotopic (exact) mass is 470 g/mol. The van der Waals surface area contributed by atoms with Crippen molar-refractivity contribution in [3.05, 3.63) is 121 Å². The van der Waals surface area contributed by atoms with Crippen LogP contribution in [0.4, 0.5) is 0 Å². The van der Waals surface area contributed by atoms with Crippen molar-refractivity contribution in [2.75, 3.05) is 7.11 Å². The molecule has 0 aliphatic carbocycles. The highest BCUT2D eigenvalue weighted by atomic mass is 32.2. The topological polar surface area (TPSA) is 26.3 Å². The molecular weight excluding hydrogens is 448 g/mol. The molecule has 3 heteroatoms. The molecule has 35 heavy (non-hydrogen) atoms. The van der Waals surface area contributed by atoms with E-state index in [9.17, 15) is 4.79 Å². The molecule has 5 aromatic rings. The molecule has 1 heterocycles. The third kappa shape index (κ3) is 3.65. The van der Waals surface area contributed by atoms with Gasteiger partial charge in [-0.1, -0.05) is 109 Å². The zero-order valence-corrected chi connectivity index (χ0v) is 20.0.